The molecule has 0 aliphatic rings. The number of ether oxygens (including phenoxy) is 1. The van der Waals surface area contributed by atoms with Gasteiger partial charge in [-0.3, -0.25) is 9.59 Å². The molecular weight excluding hydrogens is 318 g/mol. The summed E-state index contributed by atoms with van der Waals surface area (Å²) in [5, 5.41) is 11.6. The van der Waals surface area contributed by atoms with Crippen LogP contribution in [0.2, 0.25) is 0 Å². The van der Waals surface area contributed by atoms with Gasteiger partial charge >= 0.3 is 5.97 Å². The highest BCUT2D eigenvalue weighted by atomic mass is 16.5. The summed E-state index contributed by atoms with van der Waals surface area (Å²) in [6.07, 6.45) is -0.0347. The molecule has 0 heterocycles. The number of hydrogen-bond donors (Lipinski definition) is 2. The van der Waals surface area contributed by atoms with Crippen molar-refractivity contribution in [2.24, 2.45) is 5.41 Å². The van der Waals surface area contributed by atoms with Gasteiger partial charge in [0.25, 0.3) is 0 Å². The number of rotatable bonds is 8. The van der Waals surface area contributed by atoms with Gasteiger partial charge in [-0.05, 0) is 37.1 Å². The maximum Gasteiger partial charge on any atom is 0.307 e. The van der Waals surface area contributed by atoms with Crippen LogP contribution in [0.5, 0.6) is 0 Å². The molecule has 0 saturated heterocycles. The normalized spacial score (nSPS) is 11.1. The molecule has 0 fully saturated rings. The third kappa shape index (κ3) is 6.04. The van der Waals surface area contributed by atoms with E-state index in [1.807, 2.05) is 44.2 Å². The highest BCUT2D eigenvalue weighted by Gasteiger charge is 2.28. The van der Waals surface area contributed by atoms with E-state index in [1.165, 1.54) is 0 Å². The first-order valence-electron chi connectivity index (χ1n) is 8.11. The highest BCUT2D eigenvalue weighted by Crippen LogP contribution is 2.20. The lowest BCUT2D eigenvalue weighted by molar-refractivity contribution is -0.136. The van der Waals surface area contributed by atoms with Crippen LogP contribution in [-0.2, 0) is 27.4 Å². The van der Waals surface area contributed by atoms with E-state index < -0.39 is 11.4 Å². The first kappa shape index (κ1) is 18.7. The Balaban J connectivity index is 1.86. The van der Waals surface area contributed by atoms with Gasteiger partial charge in [0.05, 0.1) is 25.0 Å². The van der Waals surface area contributed by atoms with E-state index in [0.717, 1.165) is 5.56 Å². The van der Waals surface area contributed by atoms with Gasteiger partial charge < -0.3 is 15.2 Å². The molecule has 2 aromatic rings. The van der Waals surface area contributed by atoms with Gasteiger partial charge in [-0.1, -0.05) is 42.5 Å². The number of benzene rings is 2. The maximum atomic E-state index is 12.5. The molecule has 1 amide bonds. The lowest BCUT2D eigenvalue weighted by Gasteiger charge is -2.23. The van der Waals surface area contributed by atoms with Gasteiger partial charge in [-0.15, -0.1) is 0 Å². The predicted octanol–water partition coefficient (Wildman–Crippen LogP) is 3.50. The minimum absolute atomic E-state index is 0.0347. The van der Waals surface area contributed by atoms with Crippen molar-refractivity contribution in [2.75, 3.05) is 11.9 Å². The Labute approximate surface area is 147 Å². The van der Waals surface area contributed by atoms with E-state index in [1.54, 1.807) is 24.3 Å². The lowest BCUT2D eigenvalue weighted by atomic mass is 9.93. The van der Waals surface area contributed by atoms with Crippen molar-refractivity contribution in [3.05, 3.63) is 65.7 Å². The van der Waals surface area contributed by atoms with Gasteiger partial charge in [0, 0.05) is 5.69 Å². The molecule has 0 atom stereocenters. The van der Waals surface area contributed by atoms with Crippen LogP contribution in [-0.4, -0.2) is 23.6 Å². The molecule has 25 heavy (non-hydrogen) atoms. The van der Waals surface area contributed by atoms with E-state index in [4.69, 9.17) is 9.84 Å². The largest absolute Gasteiger partial charge is 0.481 e. The SMILES string of the molecule is CC(C)(COCc1ccccc1)C(=O)Nc1ccc(CC(=O)O)cc1. The standard InChI is InChI=1S/C20H23NO4/c1-20(2,14-25-13-16-6-4-3-5-7-16)19(24)21-17-10-8-15(9-11-17)12-18(22)23/h3-11H,12-14H2,1-2H3,(H,21,24)(H,22,23). The number of hydrogen-bond acceptors (Lipinski definition) is 3. The lowest BCUT2D eigenvalue weighted by Crippen LogP contribution is -2.34. The van der Waals surface area contributed by atoms with Crippen LogP contribution in [0.15, 0.2) is 54.6 Å². The third-order valence-corrected chi connectivity index (χ3v) is 3.76. The molecule has 5 heteroatoms. The maximum absolute atomic E-state index is 12.5. The molecule has 0 aromatic heterocycles. The highest BCUT2D eigenvalue weighted by molar-refractivity contribution is 5.94. The predicted molar refractivity (Wildman–Crippen MR) is 96.3 cm³/mol. The summed E-state index contributed by atoms with van der Waals surface area (Å²) in [5.74, 6) is -1.03. The summed E-state index contributed by atoms with van der Waals surface area (Å²) in [6, 6.07) is 16.6. The van der Waals surface area contributed by atoms with Gasteiger partial charge in [-0.2, -0.15) is 0 Å². The minimum Gasteiger partial charge on any atom is -0.481 e. The Hall–Kier alpha value is -2.66. The van der Waals surface area contributed by atoms with E-state index in [9.17, 15) is 9.59 Å². The van der Waals surface area contributed by atoms with E-state index in [2.05, 4.69) is 5.32 Å². The second-order valence-corrected chi connectivity index (χ2v) is 6.58. The fourth-order valence-corrected chi connectivity index (χ4v) is 2.24. The monoisotopic (exact) mass is 341 g/mol. The van der Waals surface area contributed by atoms with Gasteiger partial charge in [0.1, 0.15) is 0 Å². The number of aliphatic carboxylic acids is 1. The molecular formula is C20H23NO4. The van der Waals surface area contributed by atoms with Crippen LogP contribution in [0.25, 0.3) is 0 Å². The zero-order chi connectivity index (χ0) is 18.3. The molecule has 2 aromatic carbocycles. The average Bonchev–Trinajstić information content (AvgIpc) is 2.57. The smallest absolute Gasteiger partial charge is 0.307 e. The molecule has 0 unspecified atom stereocenters. The number of nitrogens with one attached hydrogen (secondary N) is 1. The van der Waals surface area contributed by atoms with Crippen molar-refractivity contribution in [2.45, 2.75) is 26.9 Å². The molecule has 2 rings (SSSR count). The van der Waals surface area contributed by atoms with Gasteiger partial charge in [-0.25, -0.2) is 0 Å². The van der Waals surface area contributed by atoms with Crippen LogP contribution in [0.3, 0.4) is 0 Å². The zero-order valence-electron chi connectivity index (χ0n) is 14.5. The molecule has 0 bridgehead atoms. The molecule has 0 aliphatic carbocycles. The van der Waals surface area contributed by atoms with Gasteiger partial charge in [0.15, 0.2) is 0 Å². The van der Waals surface area contributed by atoms with E-state index in [-0.39, 0.29) is 12.3 Å². The van der Waals surface area contributed by atoms with Crippen LogP contribution in [0, 0.1) is 5.41 Å². The molecule has 132 valence electrons. The van der Waals surface area contributed by atoms with Crippen molar-refractivity contribution in [3.63, 3.8) is 0 Å². The first-order valence-corrected chi connectivity index (χ1v) is 8.11. The molecule has 0 radical (unpaired) electrons. The van der Waals surface area contributed by atoms with Crippen LogP contribution >= 0.6 is 0 Å². The van der Waals surface area contributed by atoms with Crippen molar-refractivity contribution < 1.29 is 19.4 Å². The Kier molecular flexibility index (Phi) is 6.31. The quantitative estimate of drug-likeness (QED) is 0.770. The van der Waals surface area contributed by atoms with Crippen LogP contribution in [0.4, 0.5) is 5.69 Å². The van der Waals surface area contributed by atoms with Crippen molar-refractivity contribution >= 4 is 17.6 Å². The third-order valence-electron chi connectivity index (χ3n) is 3.76. The first-order chi connectivity index (χ1) is 11.9. The Morgan fingerprint density at radius 2 is 1.64 bits per heavy atom. The van der Waals surface area contributed by atoms with Crippen LogP contribution < -0.4 is 5.32 Å². The molecule has 2 N–H and O–H groups in total. The summed E-state index contributed by atoms with van der Waals surface area (Å²) in [5.41, 5.74) is 1.70. The molecule has 0 saturated carbocycles. The van der Waals surface area contributed by atoms with Crippen molar-refractivity contribution in [3.8, 4) is 0 Å². The Morgan fingerprint density at radius 3 is 2.24 bits per heavy atom. The van der Waals surface area contributed by atoms with Crippen LogP contribution in [0.1, 0.15) is 25.0 Å². The summed E-state index contributed by atoms with van der Waals surface area (Å²) < 4.78 is 5.68. The number of anilines is 1. The van der Waals surface area contributed by atoms with Crippen molar-refractivity contribution in [1.82, 2.24) is 0 Å². The van der Waals surface area contributed by atoms with E-state index in [0.29, 0.717) is 24.5 Å². The fraction of sp³-hybridized carbons (Fsp3) is 0.300. The summed E-state index contributed by atoms with van der Waals surface area (Å²) in [7, 11) is 0. The second-order valence-electron chi connectivity index (χ2n) is 6.58. The summed E-state index contributed by atoms with van der Waals surface area (Å²) >= 11 is 0. The second kappa shape index (κ2) is 8.44. The molecule has 0 spiro atoms. The topological polar surface area (TPSA) is 75.6 Å². The van der Waals surface area contributed by atoms with E-state index >= 15 is 0 Å². The van der Waals surface area contributed by atoms with Crippen molar-refractivity contribution in [1.29, 1.82) is 0 Å². The average molecular weight is 341 g/mol. The number of amides is 1. The summed E-state index contributed by atoms with van der Waals surface area (Å²) in [6.45, 7) is 4.41. The summed E-state index contributed by atoms with van der Waals surface area (Å²) in [4.78, 5) is 23.1. The fourth-order valence-electron chi connectivity index (χ4n) is 2.24. The minimum atomic E-state index is -0.881. The number of carbonyl (C=O) groups is 2. The molecule has 0 aliphatic heterocycles. The molecule has 5 nitrogen and oxygen atoms in total. The zero-order valence-corrected chi connectivity index (χ0v) is 14.5. The Bertz CT molecular complexity index is 708. The number of carboxylic acids is 1. The number of carboxylic acid groups (broad SMARTS) is 1. The van der Waals surface area contributed by atoms with Gasteiger partial charge in [0.2, 0.25) is 5.91 Å². The number of carbonyl (C=O) groups excluding carboxylic acids is 1. The Morgan fingerprint density at radius 1 is 1.00 bits per heavy atom.